The molecular formula is C19H19NO2. The molecule has 0 aliphatic carbocycles. The summed E-state index contributed by atoms with van der Waals surface area (Å²) in [7, 11) is 0. The molecule has 3 heteroatoms. The molecule has 2 aromatic carbocycles. The number of benzene rings is 2. The van der Waals surface area contributed by atoms with Crippen molar-refractivity contribution in [2.75, 3.05) is 0 Å². The Hall–Kier alpha value is -2.36. The quantitative estimate of drug-likeness (QED) is 0.776. The lowest BCUT2D eigenvalue weighted by molar-refractivity contribution is 0.0955. The van der Waals surface area contributed by atoms with Crippen LogP contribution >= 0.6 is 0 Å². The summed E-state index contributed by atoms with van der Waals surface area (Å²) in [6.07, 6.45) is 1.90. The van der Waals surface area contributed by atoms with Crippen molar-refractivity contribution >= 4 is 0 Å². The van der Waals surface area contributed by atoms with Gasteiger partial charge in [0.25, 0.3) is 0 Å². The van der Waals surface area contributed by atoms with Gasteiger partial charge in [-0.25, -0.2) is 0 Å². The summed E-state index contributed by atoms with van der Waals surface area (Å²) in [6.45, 7) is 1.75. The molecule has 0 unspecified atom stereocenters. The van der Waals surface area contributed by atoms with E-state index < -0.39 is 5.60 Å². The first kappa shape index (κ1) is 14.6. The number of rotatable bonds is 4. The van der Waals surface area contributed by atoms with Crippen LogP contribution in [0.5, 0.6) is 0 Å². The number of hydrogen-bond acceptors (Lipinski definition) is 2. The number of nitrogens with zero attached hydrogens (tertiary/aromatic N) is 1. The minimum Gasteiger partial charge on any atom is -0.392 e. The van der Waals surface area contributed by atoms with Gasteiger partial charge in [-0.1, -0.05) is 48.5 Å². The van der Waals surface area contributed by atoms with Crippen LogP contribution in [0.15, 0.2) is 72.9 Å². The fourth-order valence-electron chi connectivity index (χ4n) is 2.78. The molecule has 1 aromatic heterocycles. The maximum absolute atomic E-state index is 11.1. The average molecular weight is 293 g/mol. The lowest BCUT2D eigenvalue weighted by atomic mass is 9.92. The van der Waals surface area contributed by atoms with Crippen LogP contribution in [0.2, 0.25) is 0 Å². The summed E-state index contributed by atoms with van der Waals surface area (Å²) in [5, 5.41) is 20.6. The van der Waals surface area contributed by atoms with Crippen molar-refractivity contribution in [3.05, 3.63) is 89.7 Å². The highest BCUT2D eigenvalue weighted by Gasteiger charge is 2.29. The van der Waals surface area contributed by atoms with Crippen molar-refractivity contribution in [3.8, 4) is 5.69 Å². The lowest BCUT2D eigenvalue weighted by Crippen LogP contribution is -2.26. The summed E-state index contributed by atoms with van der Waals surface area (Å²) in [5.41, 5.74) is 2.17. The lowest BCUT2D eigenvalue weighted by Gasteiger charge is -2.26. The molecule has 0 aliphatic rings. The smallest absolute Gasteiger partial charge is 0.127 e. The third-order valence-corrected chi connectivity index (χ3v) is 4.00. The minimum atomic E-state index is -1.12. The van der Waals surface area contributed by atoms with E-state index >= 15 is 0 Å². The second-order valence-electron chi connectivity index (χ2n) is 5.49. The van der Waals surface area contributed by atoms with Crippen LogP contribution in [-0.4, -0.2) is 14.8 Å². The van der Waals surface area contributed by atoms with Gasteiger partial charge >= 0.3 is 0 Å². The monoisotopic (exact) mass is 293 g/mol. The van der Waals surface area contributed by atoms with E-state index in [2.05, 4.69) is 0 Å². The normalized spacial score (nSPS) is 13.8. The zero-order valence-corrected chi connectivity index (χ0v) is 12.5. The van der Waals surface area contributed by atoms with Crippen molar-refractivity contribution in [3.63, 3.8) is 0 Å². The van der Waals surface area contributed by atoms with E-state index in [9.17, 15) is 10.2 Å². The van der Waals surface area contributed by atoms with Crippen molar-refractivity contribution in [2.45, 2.75) is 19.1 Å². The predicted octanol–water partition coefficient (Wildman–Crippen LogP) is 3.23. The van der Waals surface area contributed by atoms with E-state index in [-0.39, 0.29) is 6.61 Å². The van der Waals surface area contributed by atoms with E-state index in [4.69, 9.17) is 0 Å². The van der Waals surface area contributed by atoms with E-state index in [1.807, 2.05) is 77.5 Å². The summed E-state index contributed by atoms with van der Waals surface area (Å²) in [5.74, 6) is 0. The van der Waals surface area contributed by atoms with Gasteiger partial charge in [0.2, 0.25) is 0 Å². The van der Waals surface area contributed by atoms with Gasteiger partial charge in [-0.05, 0) is 30.7 Å². The zero-order chi connectivity index (χ0) is 15.6. The highest BCUT2D eigenvalue weighted by atomic mass is 16.3. The van der Waals surface area contributed by atoms with Gasteiger partial charge in [-0.2, -0.15) is 0 Å². The fraction of sp³-hybridized carbons (Fsp3) is 0.158. The van der Waals surface area contributed by atoms with Gasteiger partial charge in [0, 0.05) is 11.8 Å². The zero-order valence-electron chi connectivity index (χ0n) is 12.5. The molecule has 3 rings (SSSR count). The highest BCUT2D eigenvalue weighted by Crippen LogP contribution is 2.31. The number of aromatic nitrogens is 1. The van der Waals surface area contributed by atoms with Gasteiger partial charge in [-0.15, -0.1) is 0 Å². The second kappa shape index (κ2) is 5.79. The first-order chi connectivity index (χ1) is 10.6. The Balaban J connectivity index is 2.13. The second-order valence-corrected chi connectivity index (χ2v) is 5.49. The largest absolute Gasteiger partial charge is 0.392 e. The van der Waals surface area contributed by atoms with Crippen LogP contribution in [-0.2, 0) is 12.2 Å². The first-order valence-corrected chi connectivity index (χ1v) is 7.29. The standard InChI is InChI=1S/C19H19NO2/c1-19(22,16-9-3-2-4-10-16)18-12-7-13-20(18)17-11-6-5-8-15(17)14-21/h2-13,21-22H,14H2,1H3/t19-/m1/s1. The van der Waals surface area contributed by atoms with Crippen LogP contribution in [0.3, 0.4) is 0 Å². The molecule has 0 amide bonds. The molecule has 0 aliphatic heterocycles. The molecule has 0 fully saturated rings. The summed E-state index contributed by atoms with van der Waals surface area (Å²) in [4.78, 5) is 0. The SMILES string of the molecule is C[C@@](O)(c1ccccc1)c1cccn1-c1ccccc1CO. The van der Waals surface area contributed by atoms with Crippen molar-refractivity contribution in [1.82, 2.24) is 4.57 Å². The Labute approximate surface area is 130 Å². The average Bonchev–Trinajstić information content (AvgIpc) is 3.06. The van der Waals surface area contributed by atoms with Crippen molar-refractivity contribution in [1.29, 1.82) is 0 Å². The molecule has 0 spiro atoms. The molecule has 3 nitrogen and oxygen atoms in total. The highest BCUT2D eigenvalue weighted by molar-refractivity contribution is 5.45. The van der Waals surface area contributed by atoms with Crippen LogP contribution < -0.4 is 0 Å². The van der Waals surface area contributed by atoms with Gasteiger partial charge in [0.1, 0.15) is 5.60 Å². The van der Waals surface area contributed by atoms with Gasteiger partial charge in [-0.3, -0.25) is 0 Å². The number of para-hydroxylation sites is 1. The minimum absolute atomic E-state index is 0.0404. The van der Waals surface area contributed by atoms with Crippen LogP contribution in [0, 0.1) is 0 Å². The molecule has 22 heavy (non-hydrogen) atoms. The number of hydrogen-bond donors (Lipinski definition) is 2. The van der Waals surface area contributed by atoms with Crippen LogP contribution in [0.1, 0.15) is 23.7 Å². The molecule has 2 N–H and O–H groups in total. The molecule has 3 aromatic rings. The maximum Gasteiger partial charge on any atom is 0.127 e. The van der Waals surface area contributed by atoms with Crippen molar-refractivity contribution in [2.24, 2.45) is 0 Å². The topological polar surface area (TPSA) is 45.4 Å². The van der Waals surface area contributed by atoms with Crippen LogP contribution in [0.4, 0.5) is 0 Å². The van der Waals surface area contributed by atoms with E-state index in [0.29, 0.717) is 0 Å². The summed E-state index contributed by atoms with van der Waals surface area (Å²) < 4.78 is 1.93. The number of aliphatic hydroxyl groups excluding tert-OH is 1. The van der Waals surface area contributed by atoms with Gasteiger partial charge in [0.15, 0.2) is 0 Å². The third kappa shape index (κ3) is 2.45. The molecule has 0 bridgehead atoms. The first-order valence-electron chi connectivity index (χ1n) is 7.29. The number of aliphatic hydroxyl groups is 2. The molecule has 0 saturated carbocycles. The van der Waals surface area contributed by atoms with Crippen molar-refractivity contribution < 1.29 is 10.2 Å². The van der Waals surface area contributed by atoms with Gasteiger partial charge < -0.3 is 14.8 Å². The Morgan fingerprint density at radius 3 is 2.32 bits per heavy atom. The Morgan fingerprint density at radius 2 is 1.59 bits per heavy atom. The van der Waals surface area contributed by atoms with E-state index in [1.165, 1.54) is 0 Å². The maximum atomic E-state index is 11.1. The third-order valence-electron chi connectivity index (χ3n) is 4.00. The van der Waals surface area contributed by atoms with Crippen LogP contribution in [0.25, 0.3) is 5.69 Å². The molecule has 1 heterocycles. The van der Waals surface area contributed by atoms with E-state index in [0.717, 1.165) is 22.5 Å². The Morgan fingerprint density at radius 1 is 0.909 bits per heavy atom. The summed E-state index contributed by atoms with van der Waals surface area (Å²) >= 11 is 0. The molecular weight excluding hydrogens is 274 g/mol. The predicted molar refractivity (Wildman–Crippen MR) is 86.8 cm³/mol. The van der Waals surface area contributed by atoms with Gasteiger partial charge in [0.05, 0.1) is 18.0 Å². The molecule has 0 radical (unpaired) electrons. The van der Waals surface area contributed by atoms with E-state index in [1.54, 1.807) is 6.92 Å². The molecule has 0 saturated heterocycles. The Kier molecular flexibility index (Phi) is 3.84. The molecule has 1 atom stereocenters. The summed E-state index contributed by atoms with van der Waals surface area (Å²) in [6, 6.07) is 21.0. The fourth-order valence-corrected chi connectivity index (χ4v) is 2.78. The molecule has 112 valence electrons. The Bertz CT molecular complexity index is 760.